The lowest BCUT2D eigenvalue weighted by molar-refractivity contribution is 0.102. The van der Waals surface area contributed by atoms with E-state index >= 15 is 0 Å². The number of pyridine rings is 1. The lowest BCUT2D eigenvalue weighted by atomic mass is 9.95. The van der Waals surface area contributed by atoms with Crippen molar-refractivity contribution in [3.8, 4) is 0 Å². The molecule has 1 aliphatic heterocycles. The minimum absolute atomic E-state index is 0.0704. The molecule has 0 spiro atoms. The van der Waals surface area contributed by atoms with Crippen LogP contribution < -0.4 is 5.32 Å². The Hall–Kier alpha value is -3.15. The van der Waals surface area contributed by atoms with E-state index in [-0.39, 0.29) is 5.91 Å². The van der Waals surface area contributed by atoms with Crippen molar-refractivity contribution in [1.82, 2.24) is 9.88 Å². The molecule has 0 aliphatic carbocycles. The molecule has 0 radical (unpaired) electrons. The van der Waals surface area contributed by atoms with Gasteiger partial charge in [0.25, 0.3) is 5.91 Å². The second-order valence-corrected chi connectivity index (χ2v) is 9.03. The summed E-state index contributed by atoms with van der Waals surface area (Å²) in [5.41, 5.74) is 4.56. The van der Waals surface area contributed by atoms with Crippen molar-refractivity contribution in [2.24, 2.45) is 0 Å². The fourth-order valence-electron chi connectivity index (χ4n) is 4.23. The summed E-state index contributed by atoms with van der Waals surface area (Å²) >= 11 is 1.65. The van der Waals surface area contributed by atoms with Gasteiger partial charge >= 0.3 is 0 Å². The van der Waals surface area contributed by atoms with Crippen LogP contribution in [0.5, 0.6) is 0 Å². The number of amides is 1. The maximum absolute atomic E-state index is 13.7. The van der Waals surface area contributed by atoms with Gasteiger partial charge in [-0.1, -0.05) is 67.2 Å². The van der Waals surface area contributed by atoms with Gasteiger partial charge in [0.1, 0.15) is 0 Å². The van der Waals surface area contributed by atoms with Gasteiger partial charge < -0.3 is 5.32 Å². The fraction of sp³-hybridized carbons (Fsp3) is 0.185. The molecule has 1 aliphatic rings. The topological polar surface area (TPSA) is 45.2 Å². The van der Waals surface area contributed by atoms with Crippen molar-refractivity contribution in [2.45, 2.75) is 29.7 Å². The molecule has 5 rings (SSSR count). The van der Waals surface area contributed by atoms with Crippen LogP contribution in [0.3, 0.4) is 0 Å². The highest BCUT2D eigenvalue weighted by molar-refractivity contribution is 7.99. The summed E-state index contributed by atoms with van der Waals surface area (Å²) in [5, 5.41) is 4.13. The van der Waals surface area contributed by atoms with Gasteiger partial charge in [0.2, 0.25) is 0 Å². The highest BCUT2D eigenvalue weighted by atomic mass is 32.2. The number of para-hydroxylation sites is 2. The van der Waals surface area contributed by atoms with E-state index in [1.54, 1.807) is 11.8 Å². The van der Waals surface area contributed by atoms with Gasteiger partial charge in [-0.25, -0.2) is 0 Å². The smallest absolute Gasteiger partial charge is 0.256 e. The van der Waals surface area contributed by atoms with Crippen LogP contribution in [-0.4, -0.2) is 28.9 Å². The van der Waals surface area contributed by atoms with Gasteiger partial charge in [-0.2, -0.15) is 0 Å². The number of hydrogen-bond acceptors (Lipinski definition) is 4. The predicted molar refractivity (Wildman–Crippen MR) is 131 cm³/mol. The third kappa shape index (κ3) is 4.14. The van der Waals surface area contributed by atoms with Crippen LogP contribution in [0.4, 0.5) is 5.69 Å². The second-order valence-electron chi connectivity index (χ2n) is 7.91. The predicted octanol–water partition coefficient (Wildman–Crippen LogP) is 6.02. The second kappa shape index (κ2) is 9.15. The lowest BCUT2D eigenvalue weighted by Gasteiger charge is -2.29. The number of anilines is 1. The largest absolute Gasteiger partial charge is 0.321 e. The molecule has 0 saturated heterocycles. The highest BCUT2D eigenvalue weighted by Gasteiger charge is 2.25. The highest BCUT2D eigenvalue weighted by Crippen LogP contribution is 2.34. The Morgan fingerprint density at radius 1 is 1.00 bits per heavy atom. The molecule has 4 nitrogen and oxygen atoms in total. The molecule has 1 aromatic heterocycles. The molecule has 2 heterocycles. The van der Waals surface area contributed by atoms with Gasteiger partial charge in [0, 0.05) is 45.9 Å². The summed E-state index contributed by atoms with van der Waals surface area (Å²) in [6.45, 7) is 4.86. The number of carbonyl (C=O) groups is 1. The summed E-state index contributed by atoms with van der Waals surface area (Å²) in [6, 6.07) is 26.2. The first-order valence-electron chi connectivity index (χ1n) is 11.0. The Bertz CT molecular complexity index is 1270. The molecule has 32 heavy (non-hydrogen) atoms. The van der Waals surface area contributed by atoms with E-state index in [9.17, 15) is 4.79 Å². The van der Waals surface area contributed by atoms with Crippen molar-refractivity contribution in [3.63, 3.8) is 0 Å². The maximum atomic E-state index is 13.7. The number of likely N-dealkylation sites (N-methyl/N-ethyl adjacent to an activating group) is 1. The van der Waals surface area contributed by atoms with E-state index in [0.29, 0.717) is 0 Å². The summed E-state index contributed by atoms with van der Waals surface area (Å²) < 4.78 is 0. The van der Waals surface area contributed by atoms with E-state index < -0.39 is 0 Å². The zero-order valence-corrected chi connectivity index (χ0v) is 18.9. The number of benzene rings is 3. The number of hydrogen-bond donors (Lipinski definition) is 1. The van der Waals surface area contributed by atoms with Crippen LogP contribution in [0.1, 0.15) is 28.5 Å². The molecular weight excluding hydrogens is 414 g/mol. The average Bonchev–Trinajstić information content (AvgIpc) is 2.84. The Morgan fingerprint density at radius 2 is 1.75 bits per heavy atom. The van der Waals surface area contributed by atoms with Crippen LogP contribution in [0.15, 0.2) is 88.7 Å². The normalized spacial score (nSPS) is 13.7. The van der Waals surface area contributed by atoms with Gasteiger partial charge in [0.15, 0.2) is 0 Å². The molecule has 3 aromatic carbocycles. The van der Waals surface area contributed by atoms with Crippen LogP contribution in [0, 0.1) is 0 Å². The molecule has 0 fully saturated rings. The Balaban J connectivity index is 1.54. The summed E-state index contributed by atoms with van der Waals surface area (Å²) in [6.07, 6.45) is 0.870. The Labute approximate surface area is 192 Å². The SMILES string of the molecule is CCN1CCc2nc3ccccc3c(C(=O)Nc3ccccc3Sc3ccccc3)c2C1. The minimum Gasteiger partial charge on any atom is -0.321 e. The van der Waals surface area contributed by atoms with E-state index in [4.69, 9.17) is 4.98 Å². The molecule has 160 valence electrons. The summed E-state index contributed by atoms with van der Waals surface area (Å²) in [4.78, 5) is 23.2. The monoisotopic (exact) mass is 439 g/mol. The number of rotatable bonds is 5. The van der Waals surface area contributed by atoms with E-state index in [1.807, 2.05) is 66.7 Å². The van der Waals surface area contributed by atoms with E-state index in [2.05, 4.69) is 29.3 Å². The summed E-state index contributed by atoms with van der Waals surface area (Å²) in [7, 11) is 0. The zero-order valence-electron chi connectivity index (χ0n) is 18.0. The molecule has 4 aromatic rings. The first-order chi connectivity index (χ1) is 15.7. The van der Waals surface area contributed by atoms with Gasteiger partial charge in [-0.15, -0.1) is 0 Å². The van der Waals surface area contributed by atoms with Crippen LogP contribution in [0.2, 0.25) is 0 Å². The van der Waals surface area contributed by atoms with E-state index in [0.717, 1.165) is 69.3 Å². The third-order valence-corrected chi connectivity index (χ3v) is 6.99. The zero-order chi connectivity index (χ0) is 21.9. The van der Waals surface area contributed by atoms with E-state index in [1.165, 1.54) is 0 Å². The first kappa shape index (κ1) is 20.7. The fourth-order valence-corrected chi connectivity index (χ4v) is 5.16. The molecular formula is C27H25N3OS. The number of nitrogens with zero attached hydrogens (tertiary/aromatic N) is 2. The Kier molecular flexibility index (Phi) is 5.93. The number of aromatic nitrogens is 1. The van der Waals surface area contributed by atoms with Crippen molar-refractivity contribution in [2.75, 3.05) is 18.4 Å². The molecule has 0 bridgehead atoms. The molecule has 5 heteroatoms. The van der Waals surface area contributed by atoms with Gasteiger partial charge in [0.05, 0.1) is 16.8 Å². The maximum Gasteiger partial charge on any atom is 0.256 e. The van der Waals surface area contributed by atoms with Gasteiger partial charge in [-0.3, -0.25) is 14.7 Å². The summed E-state index contributed by atoms with van der Waals surface area (Å²) in [5.74, 6) is -0.0704. The number of nitrogens with one attached hydrogen (secondary N) is 1. The molecule has 1 N–H and O–H groups in total. The molecule has 0 saturated carbocycles. The number of carbonyl (C=O) groups excluding carboxylic acids is 1. The van der Waals surface area contributed by atoms with Crippen LogP contribution >= 0.6 is 11.8 Å². The molecule has 0 atom stereocenters. The van der Waals surface area contributed by atoms with Crippen molar-refractivity contribution < 1.29 is 4.79 Å². The van der Waals surface area contributed by atoms with Crippen molar-refractivity contribution >= 4 is 34.3 Å². The standard InChI is InChI=1S/C27H25N3OS/c1-2-30-17-16-23-21(18-30)26(20-12-6-7-13-22(20)28-23)27(31)29-24-14-8-9-15-25(24)32-19-10-4-3-5-11-19/h3-15H,2,16-18H2,1H3,(H,29,31). The van der Waals surface area contributed by atoms with Crippen LogP contribution in [0.25, 0.3) is 10.9 Å². The average molecular weight is 440 g/mol. The third-order valence-electron chi connectivity index (χ3n) is 5.91. The van der Waals surface area contributed by atoms with Gasteiger partial charge in [-0.05, 0) is 36.9 Å². The quantitative estimate of drug-likeness (QED) is 0.413. The van der Waals surface area contributed by atoms with Crippen molar-refractivity contribution in [1.29, 1.82) is 0 Å². The number of fused-ring (bicyclic) bond motifs is 2. The lowest BCUT2D eigenvalue weighted by Crippen LogP contribution is -2.33. The molecule has 0 unspecified atom stereocenters. The van der Waals surface area contributed by atoms with Crippen molar-refractivity contribution in [3.05, 3.63) is 95.7 Å². The minimum atomic E-state index is -0.0704. The first-order valence-corrected chi connectivity index (χ1v) is 11.8. The Morgan fingerprint density at radius 3 is 2.59 bits per heavy atom. The molecule has 1 amide bonds. The van der Waals surface area contributed by atoms with Crippen LogP contribution in [-0.2, 0) is 13.0 Å².